The van der Waals surface area contributed by atoms with Gasteiger partial charge >= 0.3 is 0 Å². The number of amides is 1. The van der Waals surface area contributed by atoms with Crippen molar-refractivity contribution < 1.29 is 9.53 Å². The third-order valence-corrected chi connectivity index (χ3v) is 6.98. The largest absolute Gasteiger partial charge is 0.493 e. The number of carbonyl (C=O) groups excluding carboxylic acids is 1. The van der Waals surface area contributed by atoms with Crippen LogP contribution in [0.1, 0.15) is 67.1 Å². The van der Waals surface area contributed by atoms with Gasteiger partial charge in [-0.2, -0.15) is 0 Å². The average Bonchev–Trinajstić information content (AvgIpc) is 3.58. The van der Waals surface area contributed by atoms with E-state index < -0.39 is 0 Å². The molecule has 2 aliphatic rings. The summed E-state index contributed by atoms with van der Waals surface area (Å²) in [6, 6.07) is 6.71. The zero-order valence-corrected chi connectivity index (χ0v) is 20.7. The predicted octanol–water partition coefficient (Wildman–Crippen LogP) is 4.71. The van der Waals surface area contributed by atoms with Crippen molar-refractivity contribution in [3.8, 4) is 17.0 Å². The lowest BCUT2D eigenvalue weighted by Crippen LogP contribution is -2.40. The second-order valence-corrected chi connectivity index (χ2v) is 9.59. The zero-order chi connectivity index (χ0) is 22.9. The van der Waals surface area contributed by atoms with Gasteiger partial charge in [-0.3, -0.25) is 4.79 Å². The molecule has 2 fully saturated rings. The fourth-order valence-electron chi connectivity index (χ4n) is 4.72. The van der Waals surface area contributed by atoms with Crippen LogP contribution in [0, 0.1) is 12.8 Å². The molecule has 2 aromatic heterocycles. The van der Waals surface area contributed by atoms with Crippen molar-refractivity contribution in [1.29, 1.82) is 0 Å². The summed E-state index contributed by atoms with van der Waals surface area (Å²) in [5.74, 6) is 1.40. The highest BCUT2D eigenvalue weighted by molar-refractivity contribution is 6.09. The standard InChI is InChI=1S/C26H33N5O2.ClH/c1-3-16-6-11-21(33-13-17-4-5-17)20(12-16)23-25-24(29-14-28-23)22(15(2)30-25)26(32)31-19-9-7-18(27)8-10-19;/h6,11-12,14,17-19,30H,3-5,7-10,13,27H2,1-2H3,(H,31,32);1H/t18-,19-;. The molecule has 0 saturated heterocycles. The molecule has 0 atom stereocenters. The van der Waals surface area contributed by atoms with Crippen molar-refractivity contribution in [2.75, 3.05) is 6.61 Å². The summed E-state index contributed by atoms with van der Waals surface area (Å²) in [6.07, 6.45) is 8.67. The van der Waals surface area contributed by atoms with Gasteiger partial charge in [-0.25, -0.2) is 9.97 Å². The minimum Gasteiger partial charge on any atom is -0.493 e. The van der Waals surface area contributed by atoms with Crippen LogP contribution in [-0.2, 0) is 6.42 Å². The number of aromatic nitrogens is 3. The van der Waals surface area contributed by atoms with Crippen LogP contribution < -0.4 is 15.8 Å². The van der Waals surface area contributed by atoms with E-state index in [0.29, 0.717) is 17.0 Å². The molecule has 0 bridgehead atoms. The van der Waals surface area contributed by atoms with Crippen molar-refractivity contribution >= 4 is 29.3 Å². The van der Waals surface area contributed by atoms with E-state index in [0.717, 1.165) is 66.9 Å². The monoisotopic (exact) mass is 483 g/mol. The number of halogens is 1. The molecule has 2 heterocycles. The van der Waals surface area contributed by atoms with Crippen LogP contribution in [0.15, 0.2) is 24.5 Å². The third kappa shape index (κ3) is 5.05. The SMILES string of the molecule is CCc1ccc(OCC2CC2)c(-c2ncnc3c(C(=O)N[C@H]4CC[C@H](N)CC4)c(C)[nH]c23)c1.Cl. The van der Waals surface area contributed by atoms with Gasteiger partial charge in [0, 0.05) is 23.3 Å². The molecule has 1 aromatic carbocycles. The first-order chi connectivity index (χ1) is 16.0. The molecule has 7 nitrogen and oxygen atoms in total. The Morgan fingerprint density at radius 2 is 1.94 bits per heavy atom. The van der Waals surface area contributed by atoms with E-state index in [1.54, 1.807) is 6.33 Å². The Hall–Kier alpha value is -2.64. The lowest BCUT2D eigenvalue weighted by Gasteiger charge is -2.26. The van der Waals surface area contributed by atoms with E-state index in [1.807, 2.05) is 13.0 Å². The number of nitrogens with one attached hydrogen (secondary N) is 2. The first-order valence-electron chi connectivity index (χ1n) is 12.2. The van der Waals surface area contributed by atoms with Gasteiger partial charge in [-0.1, -0.05) is 13.0 Å². The number of nitrogens with zero attached hydrogens (tertiary/aromatic N) is 2. The maximum absolute atomic E-state index is 13.2. The minimum atomic E-state index is -0.0867. The second-order valence-electron chi connectivity index (χ2n) is 9.59. The second kappa shape index (κ2) is 10.3. The number of fused-ring (bicyclic) bond motifs is 1. The van der Waals surface area contributed by atoms with E-state index in [1.165, 1.54) is 18.4 Å². The Balaban J connectivity index is 0.00000274. The third-order valence-electron chi connectivity index (χ3n) is 6.98. The fourth-order valence-corrected chi connectivity index (χ4v) is 4.72. The summed E-state index contributed by atoms with van der Waals surface area (Å²) in [6.45, 7) is 4.79. The van der Waals surface area contributed by atoms with E-state index in [4.69, 9.17) is 10.5 Å². The smallest absolute Gasteiger partial charge is 0.255 e. The summed E-state index contributed by atoms with van der Waals surface area (Å²) < 4.78 is 6.19. The highest BCUT2D eigenvalue weighted by Crippen LogP contribution is 2.37. The molecule has 0 unspecified atom stereocenters. The van der Waals surface area contributed by atoms with Gasteiger partial charge in [0.2, 0.25) is 0 Å². The number of hydrogen-bond acceptors (Lipinski definition) is 5. The molecule has 0 spiro atoms. The van der Waals surface area contributed by atoms with Crippen molar-refractivity contribution in [1.82, 2.24) is 20.3 Å². The first-order valence-corrected chi connectivity index (χ1v) is 12.2. The quantitative estimate of drug-likeness (QED) is 0.451. The van der Waals surface area contributed by atoms with Gasteiger partial charge in [0.1, 0.15) is 23.3 Å². The van der Waals surface area contributed by atoms with E-state index in [2.05, 4.69) is 39.3 Å². The lowest BCUT2D eigenvalue weighted by atomic mass is 9.91. The summed E-state index contributed by atoms with van der Waals surface area (Å²) in [5, 5.41) is 3.20. The molecule has 2 aliphatic carbocycles. The highest BCUT2D eigenvalue weighted by atomic mass is 35.5. The van der Waals surface area contributed by atoms with Gasteiger partial charge in [0.05, 0.1) is 17.7 Å². The molecule has 182 valence electrons. The summed E-state index contributed by atoms with van der Waals surface area (Å²) >= 11 is 0. The predicted molar refractivity (Wildman–Crippen MR) is 137 cm³/mol. The molecule has 5 rings (SSSR count). The van der Waals surface area contributed by atoms with Crippen molar-refractivity contribution in [3.63, 3.8) is 0 Å². The Morgan fingerprint density at radius 1 is 1.18 bits per heavy atom. The van der Waals surface area contributed by atoms with Crippen molar-refractivity contribution in [3.05, 3.63) is 41.3 Å². The zero-order valence-electron chi connectivity index (χ0n) is 19.9. The lowest BCUT2D eigenvalue weighted by molar-refractivity contribution is 0.0927. The molecule has 2 saturated carbocycles. The van der Waals surface area contributed by atoms with E-state index in [9.17, 15) is 4.79 Å². The number of nitrogens with two attached hydrogens (primary N) is 1. The molecule has 0 aliphatic heterocycles. The molecule has 0 radical (unpaired) electrons. The van der Waals surface area contributed by atoms with Crippen molar-refractivity contribution in [2.24, 2.45) is 11.7 Å². The molecular weight excluding hydrogens is 450 g/mol. The normalized spacial score (nSPS) is 20.1. The number of carbonyl (C=O) groups is 1. The Kier molecular flexibility index (Phi) is 7.43. The van der Waals surface area contributed by atoms with Gasteiger partial charge in [0.25, 0.3) is 5.91 Å². The number of aryl methyl sites for hydroxylation is 2. The van der Waals surface area contributed by atoms with Crippen LogP contribution in [0.2, 0.25) is 0 Å². The molecule has 1 amide bonds. The number of benzene rings is 1. The molecule has 3 aromatic rings. The Morgan fingerprint density at radius 3 is 2.65 bits per heavy atom. The number of ether oxygens (including phenoxy) is 1. The Labute approximate surface area is 206 Å². The summed E-state index contributed by atoms with van der Waals surface area (Å²) in [5.41, 5.74) is 11.8. The first kappa shape index (κ1) is 24.5. The maximum atomic E-state index is 13.2. The van der Waals surface area contributed by atoms with Gasteiger partial charge in [-0.15, -0.1) is 12.4 Å². The number of aromatic amines is 1. The number of hydrogen-bond donors (Lipinski definition) is 3. The van der Waals surface area contributed by atoms with Crippen LogP contribution in [-0.4, -0.2) is 39.5 Å². The van der Waals surface area contributed by atoms with Gasteiger partial charge in [0.15, 0.2) is 0 Å². The Bertz CT molecular complexity index is 1170. The van der Waals surface area contributed by atoms with E-state index >= 15 is 0 Å². The minimum absolute atomic E-state index is 0. The van der Waals surface area contributed by atoms with Crippen LogP contribution >= 0.6 is 12.4 Å². The van der Waals surface area contributed by atoms with Crippen LogP contribution in [0.3, 0.4) is 0 Å². The number of rotatable bonds is 7. The van der Waals surface area contributed by atoms with E-state index in [-0.39, 0.29) is 30.4 Å². The molecular formula is C26H34ClN5O2. The average molecular weight is 484 g/mol. The summed E-state index contributed by atoms with van der Waals surface area (Å²) in [7, 11) is 0. The number of H-pyrrole nitrogens is 1. The van der Waals surface area contributed by atoms with Crippen molar-refractivity contribution in [2.45, 2.75) is 70.9 Å². The topological polar surface area (TPSA) is 106 Å². The van der Waals surface area contributed by atoms with Crippen LogP contribution in [0.25, 0.3) is 22.3 Å². The van der Waals surface area contributed by atoms with Gasteiger partial charge in [-0.05, 0) is 75.5 Å². The van der Waals surface area contributed by atoms with Gasteiger partial charge < -0.3 is 20.8 Å². The fraction of sp³-hybridized carbons (Fsp3) is 0.500. The van der Waals surface area contributed by atoms with Crippen LogP contribution in [0.5, 0.6) is 5.75 Å². The van der Waals surface area contributed by atoms with Crippen LogP contribution in [0.4, 0.5) is 0 Å². The molecule has 4 N–H and O–H groups in total. The molecule has 34 heavy (non-hydrogen) atoms. The maximum Gasteiger partial charge on any atom is 0.255 e. The highest BCUT2D eigenvalue weighted by Gasteiger charge is 2.26. The summed E-state index contributed by atoms with van der Waals surface area (Å²) in [4.78, 5) is 25.8. The molecule has 8 heteroatoms.